The minimum Gasteiger partial charge on any atom is -0.299 e. The maximum atomic E-state index is 13.2. The van der Waals surface area contributed by atoms with Crippen LogP contribution >= 0.6 is 23.2 Å². The van der Waals surface area contributed by atoms with Crippen molar-refractivity contribution < 1.29 is 21.6 Å². The Hall–Kier alpha value is -2.03. The number of benzene rings is 2. The van der Waals surface area contributed by atoms with Crippen molar-refractivity contribution >= 4 is 33.0 Å². The highest BCUT2D eigenvalue weighted by Crippen LogP contribution is 2.35. The van der Waals surface area contributed by atoms with Gasteiger partial charge < -0.3 is 0 Å². The summed E-state index contributed by atoms with van der Waals surface area (Å²) in [6, 6.07) is 9.77. The smallest absolute Gasteiger partial charge is 0.299 e. The molecule has 10 heteroatoms. The molecule has 0 fully saturated rings. The summed E-state index contributed by atoms with van der Waals surface area (Å²) < 4.78 is 63.9. The summed E-state index contributed by atoms with van der Waals surface area (Å²) in [5.41, 5.74) is -0.550. The molecule has 0 bridgehead atoms. The third kappa shape index (κ3) is 4.12. The largest absolute Gasteiger partial charge is 0.434 e. The molecule has 4 nitrogen and oxygen atoms in total. The van der Waals surface area contributed by atoms with Gasteiger partial charge in [-0.3, -0.25) is 4.57 Å². The highest BCUT2D eigenvalue weighted by molar-refractivity contribution is 7.90. The van der Waals surface area contributed by atoms with Crippen molar-refractivity contribution in [2.75, 3.05) is 6.26 Å². The molecule has 0 amide bonds. The van der Waals surface area contributed by atoms with Crippen LogP contribution in [0.2, 0.25) is 10.0 Å². The summed E-state index contributed by atoms with van der Waals surface area (Å²) in [5.74, 6) is -0.0453. The molecule has 1 heterocycles. The van der Waals surface area contributed by atoms with Gasteiger partial charge in [0.15, 0.2) is 15.5 Å². The van der Waals surface area contributed by atoms with Crippen molar-refractivity contribution in [1.82, 2.24) is 9.55 Å². The van der Waals surface area contributed by atoms with Crippen LogP contribution in [0.25, 0.3) is 17.1 Å². The number of rotatable bonds is 3. The van der Waals surface area contributed by atoms with Gasteiger partial charge in [0.1, 0.15) is 5.82 Å². The fourth-order valence-electron chi connectivity index (χ4n) is 2.43. The Bertz CT molecular complexity index is 1110. The summed E-state index contributed by atoms with van der Waals surface area (Å²) in [6.45, 7) is 0. The maximum absolute atomic E-state index is 13.2. The molecule has 0 saturated heterocycles. The van der Waals surface area contributed by atoms with E-state index in [0.29, 0.717) is 10.7 Å². The van der Waals surface area contributed by atoms with E-state index in [1.54, 1.807) is 0 Å². The molecule has 0 unspecified atom stereocenters. The molecule has 2 aromatic carbocycles. The summed E-state index contributed by atoms with van der Waals surface area (Å²) in [5, 5.41) is 0.464. The van der Waals surface area contributed by atoms with Crippen LogP contribution in [0.3, 0.4) is 0 Å². The highest BCUT2D eigenvalue weighted by Gasteiger charge is 2.35. The minimum absolute atomic E-state index is 0.0453. The molecule has 0 spiro atoms. The maximum Gasteiger partial charge on any atom is 0.434 e. The third-order valence-electron chi connectivity index (χ3n) is 3.71. The molecule has 0 aliphatic rings. The molecule has 1 aromatic heterocycles. The summed E-state index contributed by atoms with van der Waals surface area (Å²) in [6.07, 6.45) is -2.79. The molecule has 3 rings (SSSR count). The van der Waals surface area contributed by atoms with Crippen molar-refractivity contribution in [3.63, 3.8) is 0 Å². The Labute approximate surface area is 163 Å². The number of imidazole rings is 1. The Morgan fingerprint density at radius 2 is 1.67 bits per heavy atom. The average Bonchev–Trinajstić information content (AvgIpc) is 2.99. The van der Waals surface area contributed by atoms with Crippen LogP contribution in [0.15, 0.2) is 53.6 Å². The van der Waals surface area contributed by atoms with E-state index >= 15 is 0 Å². The highest BCUT2D eigenvalue weighted by atomic mass is 35.5. The molecule has 0 atom stereocenters. The van der Waals surface area contributed by atoms with Crippen molar-refractivity contribution in [2.24, 2.45) is 0 Å². The summed E-state index contributed by atoms with van der Waals surface area (Å²) >= 11 is 12.0. The van der Waals surface area contributed by atoms with Gasteiger partial charge in [-0.05, 0) is 42.5 Å². The second-order valence-electron chi connectivity index (χ2n) is 5.71. The van der Waals surface area contributed by atoms with E-state index in [1.807, 2.05) is 0 Å². The molecular formula is C17H11Cl2F3N2O2S. The van der Waals surface area contributed by atoms with Crippen LogP contribution in [0.5, 0.6) is 0 Å². The molecular weight excluding hydrogens is 424 g/mol. The Balaban J connectivity index is 2.21. The van der Waals surface area contributed by atoms with Crippen LogP contribution in [0, 0.1) is 0 Å². The van der Waals surface area contributed by atoms with Gasteiger partial charge in [-0.1, -0.05) is 23.2 Å². The number of nitrogens with zero attached hydrogens (tertiary/aromatic N) is 2. The van der Waals surface area contributed by atoms with Gasteiger partial charge in [-0.25, -0.2) is 13.4 Å². The van der Waals surface area contributed by atoms with Crippen molar-refractivity contribution in [2.45, 2.75) is 11.1 Å². The van der Waals surface area contributed by atoms with Gasteiger partial charge in [-0.15, -0.1) is 0 Å². The number of hydrogen-bond acceptors (Lipinski definition) is 3. The lowest BCUT2D eigenvalue weighted by Crippen LogP contribution is -2.05. The van der Waals surface area contributed by atoms with E-state index < -0.39 is 21.7 Å². The van der Waals surface area contributed by atoms with Crippen molar-refractivity contribution in [3.8, 4) is 17.1 Å². The Kier molecular flexibility index (Phi) is 5.00. The van der Waals surface area contributed by atoms with Gasteiger partial charge in [-0.2, -0.15) is 13.2 Å². The SMILES string of the molecule is CS(=O)(=O)c1ccc(-n2cc(C(F)(F)F)nc2-c2ccc(Cl)cc2Cl)cc1. The lowest BCUT2D eigenvalue weighted by molar-refractivity contribution is -0.140. The van der Waals surface area contributed by atoms with Gasteiger partial charge in [0.25, 0.3) is 0 Å². The molecule has 3 aromatic rings. The van der Waals surface area contributed by atoms with Crippen molar-refractivity contribution in [1.29, 1.82) is 0 Å². The second-order valence-corrected chi connectivity index (χ2v) is 8.57. The van der Waals surface area contributed by atoms with E-state index in [1.165, 1.54) is 47.0 Å². The van der Waals surface area contributed by atoms with Crippen LogP contribution in [0.4, 0.5) is 13.2 Å². The lowest BCUT2D eigenvalue weighted by atomic mass is 10.2. The number of alkyl halides is 3. The minimum atomic E-state index is -4.66. The van der Waals surface area contributed by atoms with Crippen LogP contribution in [0.1, 0.15) is 5.69 Å². The van der Waals surface area contributed by atoms with Crippen LogP contribution in [-0.4, -0.2) is 24.2 Å². The number of halogens is 5. The van der Waals surface area contributed by atoms with E-state index in [2.05, 4.69) is 4.98 Å². The summed E-state index contributed by atoms with van der Waals surface area (Å²) in [4.78, 5) is 3.73. The molecule has 0 aliphatic heterocycles. The van der Waals surface area contributed by atoms with Crippen molar-refractivity contribution in [3.05, 3.63) is 64.4 Å². The Morgan fingerprint density at radius 3 is 2.19 bits per heavy atom. The average molecular weight is 435 g/mol. The number of sulfone groups is 1. The van der Waals surface area contributed by atoms with Gasteiger partial charge >= 0.3 is 6.18 Å². The Morgan fingerprint density at radius 1 is 1.04 bits per heavy atom. The molecule has 27 heavy (non-hydrogen) atoms. The fourth-order valence-corrected chi connectivity index (χ4v) is 3.55. The molecule has 0 saturated carbocycles. The molecule has 0 N–H and O–H groups in total. The van der Waals surface area contributed by atoms with Crippen LogP contribution < -0.4 is 0 Å². The number of hydrogen-bond donors (Lipinski definition) is 0. The van der Waals surface area contributed by atoms with Gasteiger partial charge in [0.2, 0.25) is 0 Å². The second kappa shape index (κ2) is 6.85. The van der Waals surface area contributed by atoms with Gasteiger partial charge in [0.05, 0.1) is 9.92 Å². The predicted octanol–water partition coefficient (Wildman–Crippen LogP) is 5.27. The van der Waals surface area contributed by atoms with E-state index in [-0.39, 0.29) is 21.3 Å². The molecule has 142 valence electrons. The van der Waals surface area contributed by atoms with E-state index in [9.17, 15) is 21.6 Å². The summed E-state index contributed by atoms with van der Waals surface area (Å²) in [7, 11) is -3.43. The normalized spacial score (nSPS) is 12.4. The van der Waals surface area contributed by atoms with Gasteiger partial charge in [0, 0.05) is 28.7 Å². The predicted molar refractivity (Wildman–Crippen MR) is 97.1 cm³/mol. The third-order valence-corrected chi connectivity index (χ3v) is 5.39. The first-order chi connectivity index (χ1) is 12.5. The molecule has 0 aliphatic carbocycles. The monoisotopic (exact) mass is 434 g/mol. The first kappa shape index (κ1) is 19.7. The van der Waals surface area contributed by atoms with E-state index in [0.717, 1.165) is 12.5 Å². The first-order valence-corrected chi connectivity index (χ1v) is 10.0. The lowest BCUT2D eigenvalue weighted by Gasteiger charge is -2.10. The zero-order valence-electron chi connectivity index (χ0n) is 13.6. The molecule has 0 radical (unpaired) electrons. The first-order valence-electron chi connectivity index (χ1n) is 7.39. The number of aromatic nitrogens is 2. The van der Waals surface area contributed by atoms with Crippen LogP contribution in [-0.2, 0) is 16.0 Å². The topological polar surface area (TPSA) is 52.0 Å². The van der Waals surface area contributed by atoms with E-state index in [4.69, 9.17) is 23.2 Å². The quantitative estimate of drug-likeness (QED) is 0.564. The zero-order valence-corrected chi connectivity index (χ0v) is 16.0. The standard InChI is InChI=1S/C17H11Cl2F3N2O2S/c1-27(25,26)12-5-3-11(4-6-12)24-9-15(17(20,21)22)23-16(24)13-7-2-10(18)8-14(13)19/h2-9H,1H3. The fraction of sp³-hybridized carbons (Fsp3) is 0.118. The zero-order chi connectivity index (χ0) is 20.0.